The van der Waals surface area contributed by atoms with Crippen molar-refractivity contribution in [3.8, 4) is 0 Å². The summed E-state index contributed by atoms with van der Waals surface area (Å²) in [5, 5.41) is 87.5. The lowest BCUT2D eigenvalue weighted by Crippen LogP contribution is -2.65. The Morgan fingerprint density at radius 1 is 0.389 bits per heavy atom. The Balaban J connectivity index is 1.70. The zero-order chi connectivity index (χ0) is 68.7. The van der Waals surface area contributed by atoms with Gasteiger partial charge >= 0.3 is 0 Å². The van der Waals surface area contributed by atoms with Crippen LogP contribution in [0.2, 0.25) is 0 Å². The fourth-order valence-corrected chi connectivity index (χ4v) is 11.3. The Morgan fingerprint density at radius 2 is 0.737 bits per heavy atom. The van der Waals surface area contributed by atoms with Crippen molar-refractivity contribution in [2.24, 2.45) is 0 Å². The van der Waals surface area contributed by atoms with Crippen LogP contribution in [0, 0.1) is 0 Å². The van der Waals surface area contributed by atoms with E-state index in [-0.39, 0.29) is 18.9 Å². The molecule has 2 heterocycles. The number of ether oxygens (including phenoxy) is 4. The third kappa shape index (κ3) is 46.7. The fraction of sp³-hybridized carbons (Fsp3) is 0.691. The fourth-order valence-electron chi connectivity index (χ4n) is 11.3. The van der Waals surface area contributed by atoms with Gasteiger partial charge in [0.25, 0.3) is 0 Å². The average Bonchev–Trinajstić information content (AvgIpc) is 0.800. The van der Waals surface area contributed by atoms with Crippen molar-refractivity contribution in [3.05, 3.63) is 146 Å². The summed E-state index contributed by atoms with van der Waals surface area (Å²) in [4.78, 5) is 13.3. The first-order chi connectivity index (χ1) is 46.6. The summed E-state index contributed by atoms with van der Waals surface area (Å²) in [5.41, 5.74) is 0. The Morgan fingerprint density at radius 3 is 1.16 bits per heavy atom. The molecule has 2 aliphatic rings. The number of carbonyl (C=O) groups excluding carboxylic acids is 1. The van der Waals surface area contributed by atoms with Gasteiger partial charge in [-0.2, -0.15) is 0 Å². The van der Waals surface area contributed by atoms with Gasteiger partial charge in [0.15, 0.2) is 12.6 Å². The van der Waals surface area contributed by atoms with Gasteiger partial charge in [-0.25, -0.2) is 0 Å². The molecule has 9 N–H and O–H groups in total. The summed E-state index contributed by atoms with van der Waals surface area (Å²) in [6.07, 6.45) is 79.0. The van der Waals surface area contributed by atoms with Gasteiger partial charge in [-0.3, -0.25) is 4.79 Å². The molecule has 14 nitrogen and oxygen atoms in total. The number of hydrogen-bond acceptors (Lipinski definition) is 13. The highest BCUT2D eigenvalue weighted by Gasteiger charge is 2.51. The highest BCUT2D eigenvalue weighted by molar-refractivity contribution is 5.76. The highest BCUT2D eigenvalue weighted by Crippen LogP contribution is 2.30. The Kier molecular flexibility index (Phi) is 58.0. The molecule has 0 aromatic heterocycles. The van der Waals surface area contributed by atoms with Crippen LogP contribution in [0.5, 0.6) is 0 Å². The number of hydrogen-bond donors (Lipinski definition) is 9. The lowest BCUT2D eigenvalue weighted by atomic mass is 9.97. The van der Waals surface area contributed by atoms with Crippen molar-refractivity contribution in [2.75, 3.05) is 19.8 Å². The first-order valence-electron chi connectivity index (χ1n) is 37.6. The van der Waals surface area contributed by atoms with Crippen molar-refractivity contribution in [1.29, 1.82) is 0 Å². The van der Waals surface area contributed by atoms with E-state index in [9.17, 15) is 45.6 Å². The van der Waals surface area contributed by atoms with Crippen molar-refractivity contribution in [1.82, 2.24) is 5.32 Å². The quantitative estimate of drug-likeness (QED) is 0.0204. The molecule has 2 rings (SSSR count). The van der Waals surface area contributed by atoms with Crippen LogP contribution in [-0.4, -0.2) is 140 Å². The second-order valence-corrected chi connectivity index (χ2v) is 25.7. The van der Waals surface area contributed by atoms with Crippen LogP contribution in [0.15, 0.2) is 146 Å². The van der Waals surface area contributed by atoms with Gasteiger partial charge in [0, 0.05) is 6.42 Å². The Hall–Kier alpha value is -4.13. The molecular formula is C81H135NO13. The van der Waals surface area contributed by atoms with E-state index >= 15 is 0 Å². The summed E-state index contributed by atoms with van der Waals surface area (Å²) in [7, 11) is 0. The van der Waals surface area contributed by atoms with Crippen LogP contribution in [-0.2, 0) is 23.7 Å². The number of carbonyl (C=O) groups is 1. The van der Waals surface area contributed by atoms with Crippen LogP contribution in [0.1, 0.15) is 264 Å². The van der Waals surface area contributed by atoms with Gasteiger partial charge in [0.2, 0.25) is 5.91 Å². The van der Waals surface area contributed by atoms with Crippen molar-refractivity contribution < 1.29 is 64.6 Å². The van der Waals surface area contributed by atoms with E-state index in [1.807, 2.05) is 6.08 Å². The zero-order valence-corrected chi connectivity index (χ0v) is 59.1. The molecule has 14 heteroatoms. The molecule has 0 saturated carbocycles. The van der Waals surface area contributed by atoms with Gasteiger partial charge in [-0.15, -0.1) is 0 Å². The van der Waals surface area contributed by atoms with E-state index in [1.54, 1.807) is 6.08 Å². The van der Waals surface area contributed by atoms with Crippen LogP contribution in [0.25, 0.3) is 0 Å². The van der Waals surface area contributed by atoms with Crippen LogP contribution in [0.4, 0.5) is 0 Å². The minimum Gasteiger partial charge on any atom is -0.394 e. The maximum atomic E-state index is 13.3. The molecule has 95 heavy (non-hydrogen) atoms. The summed E-state index contributed by atoms with van der Waals surface area (Å²) in [6, 6.07) is -0.959. The normalized spacial score (nSPS) is 23.2. The molecule has 542 valence electrons. The molecule has 0 aromatic carbocycles. The standard InChI is InChI=1S/C81H135NO13/c1-3-5-7-9-11-13-15-17-19-21-23-25-27-29-31-32-33-34-35-36-37-38-39-41-43-45-47-49-51-53-55-57-59-61-63-65-73(86)82-69(68-92-80-78(91)76(89)79(72(67-84)94-80)95-81-77(90)75(88)74(87)71(66-83)93-81)70(85)64-62-60-58-56-54-52-50-48-46-44-42-40-30-28-26-24-22-20-18-16-14-12-10-8-6-4-2/h5,7,11,13,17,19,23,25,29,31,33-34,36-37,39,41,45,47,51,53-54,56,62,64,69-72,74-81,83-85,87-91H,3-4,6,8-10,12,14-16,18,20-22,24,26-28,30,32,35,38,40,42-44,46,48-50,52,55,57-61,63,65-68H2,1-2H3,(H,82,86)/b7-5-,13-11-,19-17-,25-23-,31-29-,34-33-,37-36-,41-39-,47-45-,53-51-,56-54+,64-62+. The van der Waals surface area contributed by atoms with Gasteiger partial charge < -0.3 is 65.1 Å². The molecule has 2 saturated heterocycles. The first kappa shape index (κ1) is 87.0. The van der Waals surface area contributed by atoms with Crippen molar-refractivity contribution in [3.63, 3.8) is 0 Å². The molecule has 2 aliphatic heterocycles. The molecule has 0 radical (unpaired) electrons. The third-order valence-corrected chi connectivity index (χ3v) is 17.3. The summed E-state index contributed by atoms with van der Waals surface area (Å²) < 4.78 is 22.8. The van der Waals surface area contributed by atoms with Crippen molar-refractivity contribution >= 4 is 5.91 Å². The number of aliphatic hydroxyl groups is 8. The zero-order valence-electron chi connectivity index (χ0n) is 59.1. The Labute approximate surface area is 576 Å². The van der Waals surface area contributed by atoms with E-state index in [2.05, 4.69) is 153 Å². The lowest BCUT2D eigenvalue weighted by Gasteiger charge is -2.46. The maximum absolute atomic E-state index is 13.3. The van der Waals surface area contributed by atoms with Gasteiger partial charge in [-0.05, 0) is 109 Å². The van der Waals surface area contributed by atoms with Crippen LogP contribution >= 0.6 is 0 Å². The molecule has 12 unspecified atom stereocenters. The molecule has 0 aromatic rings. The average molecular weight is 1330 g/mol. The smallest absolute Gasteiger partial charge is 0.220 e. The number of rotatable bonds is 60. The second-order valence-electron chi connectivity index (χ2n) is 25.7. The first-order valence-corrected chi connectivity index (χ1v) is 37.6. The molecule has 12 atom stereocenters. The second kappa shape index (κ2) is 63.3. The van der Waals surface area contributed by atoms with Gasteiger partial charge in [0.1, 0.15) is 48.8 Å². The molecule has 0 spiro atoms. The van der Waals surface area contributed by atoms with Gasteiger partial charge in [-0.1, -0.05) is 295 Å². The molecule has 0 bridgehead atoms. The topological polar surface area (TPSA) is 228 Å². The predicted molar refractivity (Wildman–Crippen MR) is 391 cm³/mol. The number of aliphatic hydroxyl groups excluding tert-OH is 8. The van der Waals surface area contributed by atoms with E-state index < -0.39 is 86.8 Å². The summed E-state index contributed by atoms with van der Waals surface area (Å²) in [5.74, 6) is -0.278. The number of allylic oxidation sites excluding steroid dienone is 23. The SMILES string of the molecule is CC/C=C\C/C=C\C/C=C\C/C=C\C/C=C\C/C=C\C/C=C\C/C=C\C/C=C\C/C=C\CCCCCCC(=O)NC(COC1OC(CO)C(OC2OC(CO)C(O)C(O)C2O)C(O)C1O)C(O)/C=C/CC/C=C/CCCCCCCCCCCCCCCCCCCCCC. The highest BCUT2D eigenvalue weighted by atomic mass is 16.7. The summed E-state index contributed by atoms with van der Waals surface area (Å²) in [6.45, 7) is 2.66. The molecular weight excluding hydrogens is 1190 g/mol. The Bertz CT molecular complexity index is 2160. The van der Waals surface area contributed by atoms with E-state index in [1.165, 1.54) is 128 Å². The number of unbranched alkanes of at least 4 members (excludes halogenated alkanes) is 25. The summed E-state index contributed by atoms with van der Waals surface area (Å²) >= 11 is 0. The molecule has 1 amide bonds. The lowest BCUT2D eigenvalue weighted by molar-refractivity contribution is -0.359. The molecule has 2 fully saturated rings. The third-order valence-electron chi connectivity index (χ3n) is 17.3. The van der Waals surface area contributed by atoms with Crippen LogP contribution < -0.4 is 5.32 Å². The largest absolute Gasteiger partial charge is 0.394 e. The predicted octanol–water partition coefficient (Wildman–Crippen LogP) is 16.4. The van der Waals surface area contributed by atoms with Crippen molar-refractivity contribution in [2.45, 2.75) is 338 Å². The minimum absolute atomic E-state index is 0.234. The maximum Gasteiger partial charge on any atom is 0.220 e. The monoisotopic (exact) mass is 1330 g/mol. The number of nitrogens with one attached hydrogen (secondary N) is 1. The minimum atomic E-state index is -1.80. The van der Waals surface area contributed by atoms with E-state index in [4.69, 9.17) is 18.9 Å². The van der Waals surface area contributed by atoms with Gasteiger partial charge in [0.05, 0.1) is 32.0 Å². The molecule has 0 aliphatic carbocycles. The van der Waals surface area contributed by atoms with Crippen LogP contribution in [0.3, 0.4) is 0 Å². The van der Waals surface area contributed by atoms with E-state index in [0.717, 1.165) is 103 Å². The van der Waals surface area contributed by atoms with E-state index in [0.29, 0.717) is 12.8 Å². The number of amides is 1.